The van der Waals surface area contributed by atoms with E-state index in [9.17, 15) is 18.8 Å². The maximum absolute atomic E-state index is 13.4. The molecule has 1 aliphatic carbocycles. The average molecular weight is 465 g/mol. The Balaban J connectivity index is 1.58. The fourth-order valence-electron chi connectivity index (χ4n) is 4.54. The zero-order valence-corrected chi connectivity index (χ0v) is 19.3. The largest absolute Gasteiger partial charge is 0.494 e. The van der Waals surface area contributed by atoms with Gasteiger partial charge in [0.15, 0.2) is 0 Å². The molecular weight excluding hydrogens is 435 g/mol. The van der Waals surface area contributed by atoms with E-state index in [0.717, 1.165) is 30.6 Å². The van der Waals surface area contributed by atoms with Gasteiger partial charge in [-0.05, 0) is 87.6 Å². The van der Waals surface area contributed by atoms with Crippen molar-refractivity contribution >= 4 is 23.4 Å². The van der Waals surface area contributed by atoms with E-state index in [1.807, 2.05) is 6.92 Å². The van der Waals surface area contributed by atoms with Gasteiger partial charge in [0, 0.05) is 12.1 Å². The number of nitrogens with zero attached hydrogens (tertiary/aromatic N) is 2. The third kappa shape index (κ3) is 5.19. The Bertz CT molecular complexity index is 1080. The Labute approximate surface area is 199 Å². The van der Waals surface area contributed by atoms with Gasteiger partial charge in [-0.2, -0.15) is 0 Å². The number of rotatable bonds is 8. The van der Waals surface area contributed by atoms with E-state index in [0.29, 0.717) is 36.6 Å². The van der Waals surface area contributed by atoms with E-state index in [1.54, 1.807) is 24.3 Å². The smallest absolute Gasteiger partial charge is 0.257 e. The van der Waals surface area contributed by atoms with Crippen molar-refractivity contribution in [3.8, 4) is 5.75 Å². The quantitative estimate of drug-likeness (QED) is 0.412. The van der Waals surface area contributed by atoms with Crippen molar-refractivity contribution in [2.75, 3.05) is 18.1 Å². The molecule has 1 fully saturated rings. The summed E-state index contributed by atoms with van der Waals surface area (Å²) in [5.41, 5.74) is 2.01. The predicted molar refractivity (Wildman–Crippen MR) is 127 cm³/mol. The number of anilines is 1. The third-order valence-electron chi connectivity index (χ3n) is 6.32. The van der Waals surface area contributed by atoms with Crippen LogP contribution in [0.15, 0.2) is 60.2 Å². The predicted octanol–water partition coefficient (Wildman–Crippen LogP) is 4.89. The first-order chi connectivity index (χ1) is 16.5. The summed E-state index contributed by atoms with van der Waals surface area (Å²) in [7, 11) is 0. The first-order valence-electron chi connectivity index (χ1n) is 11.8. The summed E-state index contributed by atoms with van der Waals surface area (Å²) in [5.74, 6) is -0.952. The molecule has 7 heteroatoms. The number of amides is 3. The Hall–Kier alpha value is -3.48. The van der Waals surface area contributed by atoms with Crippen LogP contribution in [0.25, 0.3) is 0 Å². The van der Waals surface area contributed by atoms with Crippen molar-refractivity contribution in [3.05, 3.63) is 71.6 Å². The highest BCUT2D eigenvalue weighted by Gasteiger charge is 2.44. The zero-order chi connectivity index (χ0) is 24.1. The third-order valence-corrected chi connectivity index (χ3v) is 6.32. The molecule has 1 unspecified atom stereocenters. The van der Waals surface area contributed by atoms with Crippen molar-refractivity contribution in [2.45, 2.75) is 51.5 Å². The van der Waals surface area contributed by atoms with Crippen LogP contribution in [-0.2, 0) is 9.59 Å². The number of allylic oxidation sites excluding steroid dienone is 1. The molecule has 0 N–H and O–H groups in total. The van der Waals surface area contributed by atoms with Gasteiger partial charge in [0.05, 0.1) is 18.7 Å². The van der Waals surface area contributed by atoms with Crippen molar-refractivity contribution in [1.29, 1.82) is 0 Å². The minimum atomic E-state index is -0.902. The van der Waals surface area contributed by atoms with E-state index in [-0.39, 0.29) is 18.2 Å². The van der Waals surface area contributed by atoms with Gasteiger partial charge in [-0.3, -0.25) is 14.4 Å². The maximum Gasteiger partial charge on any atom is 0.257 e. The number of carbonyl (C=O) groups excluding carboxylic acids is 3. The van der Waals surface area contributed by atoms with Crippen molar-refractivity contribution in [3.63, 3.8) is 0 Å². The van der Waals surface area contributed by atoms with Gasteiger partial charge in [0.1, 0.15) is 17.6 Å². The monoisotopic (exact) mass is 464 g/mol. The molecule has 1 aliphatic heterocycles. The van der Waals surface area contributed by atoms with Crippen molar-refractivity contribution in [2.24, 2.45) is 0 Å². The van der Waals surface area contributed by atoms with Gasteiger partial charge in [0.2, 0.25) is 5.91 Å². The van der Waals surface area contributed by atoms with Crippen LogP contribution in [0.5, 0.6) is 5.75 Å². The molecule has 0 saturated carbocycles. The lowest BCUT2D eigenvalue weighted by Crippen LogP contribution is -2.46. The van der Waals surface area contributed by atoms with Gasteiger partial charge in [-0.25, -0.2) is 9.29 Å². The molecule has 2 aromatic carbocycles. The maximum atomic E-state index is 13.4. The van der Waals surface area contributed by atoms with Crippen LogP contribution in [0.4, 0.5) is 10.1 Å². The van der Waals surface area contributed by atoms with Gasteiger partial charge >= 0.3 is 0 Å². The van der Waals surface area contributed by atoms with E-state index in [1.165, 1.54) is 34.7 Å². The molecule has 178 valence electrons. The molecule has 4 rings (SSSR count). The lowest BCUT2D eigenvalue weighted by Gasteiger charge is -2.28. The molecule has 0 radical (unpaired) electrons. The highest BCUT2D eigenvalue weighted by Crippen LogP contribution is 2.29. The van der Waals surface area contributed by atoms with E-state index in [4.69, 9.17) is 4.74 Å². The summed E-state index contributed by atoms with van der Waals surface area (Å²) >= 11 is 0. The topological polar surface area (TPSA) is 66.9 Å². The minimum absolute atomic E-state index is 0.0853. The second-order valence-corrected chi connectivity index (χ2v) is 8.58. The van der Waals surface area contributed by atoms with Gasteiger partial charge < -0.3 is 9.64 Å². The summed E-state index contributed by atoms with van der Waals surface area (Å²) in [6.07, 6.45) is 7.05. The summed E-state index contributed by atoms with van der Waals surface area (Å²) < 4.78 is 18.9. The van der Waals surface area contributed by atoms with Crippen LogP contribution >= 0.6 is 0 Å². The lowest BCUT2D eigenvalue weighted by molar-refractivity contribution is -0.122. The number of benzene rings is 2. The van der Waals surface area contributed by atoms with Gasteiger partial charge in [-0.1, -0.05) is 11.6 Å². The lowest BCUT2D eigenvalue weighted by atomic mass is 9.96. The van der Waals surface area contributed by atoms with Crippen LogP contribution in [-0.4, -0.2) is 41.8 Å². The average Bonchev–Trinajstić information content (AvgIpc) is 3.14. The molecule has 0 bridgehead atoms. The molecular formula is C27H29FN2O4. The molecule has 1 atom stereocenters. The Morgan fingerprint density at radius 3 is 2.47 bits per heavy atom. The number of carbonyl (C=O) groups is 3. The second kappa shape index (κ2) is 10.6. The number of hydrogen-bond donors (Lipinski definition) is 0. The molecule has 34 heavy (non-hydrogen) atoms. The molecule has 2 aromatic rings. The second-order valence-electron chi connectivity index (χ2n) is 8.58. The summed E-state index contributed by atoms with van der Waals surface area (Å²) in [4.78, 5) is 42.4. The first-order valence-corrected chi connectivity index (χ1v) is 11.8. The van der Waals surface area contributed by atoms with Gasteiger partial charge in [0.25, 0.3) is 11.8 Å². The normalized spacial score (nSPS) is 18.1. The van der Waals surface area contributed by atoms with E-state index < -0.39 is 17.8 Å². The number of halogens is 1. The molecule has 0 spiro atoms. The highest BCUT2D eigenvalue weighted by molar-refractivity contribution is 6.23. The van der Waals surface area contributed by atoms with Crippen LogP contribution in [0.1, 0.15) is 55.8 Å². The molecule has 0 aromatic heterocycles. The molecule has 1 heterocycles. The summed E-state index contributed by atoms with van der Waals surface area (Å²) in [6.45, 7) is 2.71. The van der Waals surface area contributed by atoms with Crippen molar-refractivity contribution < 1.29 is 23.5 Å². The molecule has 3 amide bonds. The van der Waals surface area contributed by atoms with Crippen LogP contribution in [0.2, 0.25) is 0 Å². The molecule has 6 nitrogen and oxygen atoms in total. The zero-order valence-electron chi connectivity index (χ0n) is 19.3. The summed E-state index contributed by atoms with van der Waals surface area (Å²) in [6, 6.07) is 11.1. The first kappa shape index (κ1) is 23.7. The highest BCUT2D eigenvalue weighted by atomic mass is 19.1. The summed E-state index contributed by atoms with van der Waals surface area (Å²) in [5, 5.41) is 0. The van der Waals surface area contributed by atoms with E-state index >= 15 is 0 Å². The Morgan fingerprint density at radius 1 is 1.09 bits per heavy atom. The SMILES string of the molecule is CCOc1ccc(N2C(=O)CC(N(CCC3=CCCCC3)C(=O)c3ccc(F)cc3)C2=O)cc1. The van der Waals surface area contributed by atoms with Crippen LogP contribution in [0, 0.1) is 5.82 Å². The fraction of sp³-hybridized carbons (Fsp3) is 0.370. The molecule has 1 saturated heterocycles. The van der Waals surface area contributed by atoms with E-state index in [2.05, 4.69) is 6.08 Å². The Morgan fingerprint density at radius 2 is 1.82 bits per heavy atom. The minimum Gasteiger partial charge on any atom is -0.494 e. The Kier molecular flexibility index (Phi) is 7.40. The number of ether oxygens (including phenoxy) is 1. The number of hydrogen-bond acceptors (Lipinski definition) is 4. The van der Waals surface area contributed by atoms with Gasteiger partial charge in [-0.15, -0.1) is 0 Å². The standard InChI is InChI=1S/C27H29FN2O4/c1-2-34-23-14-12-22(13-15-23)30-25(31)18-24(27(30)33)29(17-16-19-6-4-3-5-7-19)26(32)20-8-10-21(28)11-9-20/h6,8-15,24H,2-5,7,16-18H2,1H3. The molecule has 2 aliphatic rings. The number of imide groups is 1. The fourth-order valence-corrected chi connectivity index (χ4v) is 4.54. The van der Waals surface area contributed by atoms with Crippen LogP contribution < -0.4 is 9.64 Å². The van der Waals surface area contributed by atoms with Crippen LogP contribution in [0.3, 0.4) is 0 Å². The van der Waals surface area contributed by atoms with Crippen molar-refractivity contribution in [1.82, 2.24) is 4.90 Å².